The lowest BCUT2D eigenvalue weighted by molar-refractivity contribution is -0.188. The van der Waals surface area contributed by atoms with Gasteiger partial charge in [0.25, 0.3) is 0 Å². The zero-order valence-electron chi connectivity index (χ0n) is 15.9. The molecule has 0 heterocycles. The van der Waals surface area contributed by atoms with Gasteiger partial charge in [-0.3, -0.25) is 9.59 Å². The van der Waals surface area contributed by atoms with Crippen molar-refractivity contribution in [2.24, 2.45) is 28.1 Å². The molecule has 24 heavy (non-hydrogen) atoms. The third-order valence-corrected chi connectivity index (χ3v) is 5.56. The second-order valence-corrected chi connectivity index (χ2v) is 9.76. The van der Waals surface area contributed by atoms with Crippen molar-refractivity contribution < 1.29 is 19.4 Å². The van der Waals surface area contributed by atoms with E-state index in [1.807, 2.05) is 41.5 Å². The van der Waals surface area contributed by atoms with E-state index >= 15 is 0 Å². The lowest BCUT2D eigenvalue weighted by atomic mass is 9.60. The van der Waals surface area contributed by atoms with E-state index in [9.17, 15) is 14.7 Å². The van der Waals surface area contributed by atoms with Crippen LogP contribution in [-0.2, 0) is 14.3 Å². The van der Waals surface area contributed by atoms with Gasteiger partial charge in [0.15, 0.2) is 5.41 Å². The molecule has 0 aromatic rings. The summed E-state index contributed by atoms with van der Waals surface area (Å²) in [5.74, 6) is -0.945. The average Bonchev–Trinajstić information content (AvgIpc) is 2.43. The molecule has 4 unspecified atom stereocenters. The molecule has 1 saturated carbocycles. The molecule has 3 aliphatic carbocycles. The van der Waals surface area contributed by atoms with Crippen molar-refractivity contribution in [3.8, 4) is 0 Å². The Labute approximate surface area is 145 Å². The van der Waals surface area contributed by atoms with Crippen molar-refractivity contribution >= 4 is 11.9 Å². The van der Waals surface area contributed by atoms with Crippen LogP contribution in [0.5, 0.6) is 0 Å². The molecule has 0 amide bonds. The molecule has 0 spiro atoms. The summed E-state index contributed by atoms with van der Waals surface area (Å²) >= 11 is 0. The van der Waals surface area contributed by atoms with Crippen molar-refractivity contribution in [2.45, 2.75) is 73.3 Å². The summed E-state index contributed by atoms with van der Waals surface area (Å²) in [5.41, 5.74) is -2.56. The second kappa shape index (κ2) is 6.20. The predicted octanol–water partition coefficient (Wildman–Crippen LogP) is 4.44. The van der Waals surface area contributed by atoms with Gasteiger partial charge in [0.1, 0.15) is 6.10 Å². The zero-order valence-corrected chi connectivity index (χ0v) is 15.9. The highest BCUT2D eigenvalue weighted by Crippen LogP contribution is 2.49. The van der Waals surface area contributed by atoms with Crippen LogP contribution in [0.25, 0.3) is 0 Å². The first-order valence-corrected chi connectivity index (χ1v) is 9.00. The van der Waals surface area contributed by atoms with E-state index in [1.165, 1.54) is 0 Å². The number of carboxylic acid groups (broad SMARTS) is 1. The molecule has 3 aliphatic rings. The van der Waals surface area contributed by atoms with E-state index in [4.69, 9.17) is 4.74 Å². The minimum absolute atomic E-state index is 0.178. The van der Waals surface area contributed by atoms with E-state index in [2.05, 4.69) is 12.2 Å². The fraction of sp³-hybridized carbons (Fsp3) is 0.800. The SMILES string of the molecule is CC(C)(C)CC(C(=O)O)(C(=O)OC1CC2C=CC1CC2)C(C)(C)C. The number of carbonyl (C=O) groups excluding carboxylic acids is 1. The van der Waals surface area contributed by atoms with E-state index in [0.29, 0.717) is 5.92 Å². The molecule has 0 aromatic heterocycles. The van der Waals surface area contributed by atoms with Crippen molar-refractivity contribution in [1.29, 1.82) is 0 Å². The van der Waals surface area contributed by atoms with E-state index in [-0.39, 0.29) is 23.9 Å². The van der Waals surface area contributed by atoms with Crippen molar-refractivity contribution in [2.75, 3.05) is 0 Å². The van der Waals surface area contributed by atoms with Gasteiger partial charge in [-0.1, -0.05) is 53.7 Å². The molecular formula is C20H32O4. The van der Waals surface area contributed by atoms with Gasteiger partial charge in [0.2, 0.25) is 0 Å². The van der Waals surface area contributed by atoms with E-state index < -0.39 is 22.8 Å². The van der Waals surface area contributed by atoms with Crippen molar-refractivity contribution in [3.05, 3.63) is 12.2 Å². The summed E-state index contributed by atoms with van der Waals surface area (Å²) in [6.45, 7) is 11.4. The molecule has 136 valence electrons. The fourth-order valence-corrected chi connectivity index (χ4v) is 4.17. The smallest absolute Gasteiger partial charge is 0.324 e. The normalized spacial score (nSPS) is 29.2. The van der Waals surface area contributed by atoms with Gasteiger partial charge in [0, 0.05) is 5.92 Å². The van der Waals surface area contributed by atoms with Gasteiger partial charge in [-0.2, -0.15) is 0 Å². The highest BCUT2D eigenvalue weighted by Gasteiger charge is 2.58. The predicted molar refractivity (Wildman–Crippen MR) is 93.4 cm³/mol. The highest BCUT2D eigenvalue weighted by atomic mass is 16.5. The van der Waals surface area contributed by atoms with Crippen LogP contribution in [0.15, 0.2) is 12.2 Å². The number of allylic oxidation sites excluding steroid dienone is 1. The van der Waals surface area contributed by atoms with Gasteiger partial charge in [-0.05, 0) is 42.4 Å². The maximum Gasteiger partial charge on any atom is 0.324 e. The molecule has 4 atom stereocenters. The van der Waals surface area contributed by atoms with Gasteiger partial charge < -0.3 is 9.84 Å². The molecule has 0 saturated heterocycles. The van der Waals surface area contributed by atoms with Crippen molar-refractivity contribution in [1.82, 2.24) is 0 Å². The number of ether oxygens (including phenoxy) is 1. The maximum atomic E-state index is 13.1. The minimum Gasteiger partial charge on any atom is -0.480 e. The average molecular weight is 336 g/mol. The topological polar surface area (TPSA) is 63.6 Å². The fourth-order valence-electron chi connectivity index (χ4n) is 4.17. The summed E-state index contributed by atoms with van der Waals surface area (Å²) in [5, 5.41) is 10.0. The van der Waals surface area contributed by atoms with Crippen LogP contribution in [0.1, 0.15) is 67.2 Å². The number of carbonyl (C=O) groups is 2. The maximum absolute atomic E-state index is 13.1. The Kier molecular flexibility index (Phi) is 4.91. The lowest BCUT2D eigenvalue weighted by Gasteiger charge is -2.45. The Morgan fingerprint density at radius 1 is 1.08 bits per heavy atom. The Morgan fingerprint density at radius 3 is 2.04 bits per heavy atom. The monoisotopic (exact) mass is 336 g/mol. The van der Waals surface area contributed by atoms with E-state index in [0.717, 1.165) is 19.3 Å². The molecular weight excluding hydrogens is 304 g/mol. The first-order chi connectivity index (χ1) is 10.9. The second-order valence-electron chi connectivity index (χ2n) is 9.76. The molecule has 1 fully saturated rings. The van der Waals surface area contributed by atoms with Gasteiger partial charge in [0.05, 0.1) is 0 Å². The molecule has 0 aromatic carbocycles. The third kappa shape index (κ3) is 3.52. The van der Waals surface area contributed by atoms with Crippen LogP contribution < -0.4 is 0 Å². The lowest BCUT2D eigenvalue weighted by Crippen LogP contribution is -2.54. The summed E-state index contributed by atoms with van der Waals surface area (Å²) < 4.78 is 5.85. The van der Waals surface area contributed by atoms with Crippen LogP contribution in [0.3, 0.4) is 0 Å². The molecule has 2 bridgehead atoms. The minimum atomic E-state index is -1.54. The van der Waals surface area contributed by atoms with Crippen LogP contribution in [0.2, 0.25) is 0 Å². The number of aliphatic carboxylic acids is 1. The van der Waals surface area contributed by atoms with Gasteiger partial charge in [-0.25, -0.2) is 0 Å². The number of hydrogen-bond donors (Lipinski definition) is 1. The van der Waals surface area contributed by atoms with Gasteiger partial charge >= 0.3 is 11.9 Å². The Balaban J connectivity index is 2.31. The number of carboxylic acids is 1. The summed E-state index contributed by atoms with van der Waals surface area (Å²) in [6.07, 6.45) is 7.41. The molecule has 0 radical (unpaired) electrons. The number of esters is 1. The van der Waals surface area contributed by atoms with Crippen LogP contribution >= 0.6 is 0 Å². The zero-order chi connectivity index (χ0) is 18.3. The largest absolute Gasteiger partial charge is 0.480 e. The third-order valence-electron chi connectivity index (χ3n) is 5.56. The standard InChI is InChI=1S/C20H32O4/c1-18(2,3)12-20(16(21)22,19(4,5)6)17(23)24-15-11-13-7-9-14(15)10-8-13/h7,9,13-15H,8,10-12H2,1-6H3,(H,21,22). The van der Waals surface area contributed by atoms with Crippen molar-refractivity contribution in [3.63, 3.8) is 0 Å². The number of hydrogen-bond acceptors (Lipinski definition) is 3. The first kappa shape index (κ1) is 19.0. The van der Waals surface area contributed by atoms with E-state index in [1.54, 1.807) is 0 Å². The van der Waals surface area contributed by atoms with Crippen LogP contribution in [-0.4, -0.2) is 23.1 Å². The summed E-state index contributed by atoms with van der Waals surface area (Å²) in [6, 6.07) is 0. The molecule has 4 nitrogen and oxygen atoms in total. The first-order valence-electron chi connectivity index (χ1n) is 9.00. The molecule has 4 heteroatoms. The number of rotatable bonds is 4. The molecule has 0 aliphatic heterocycles. The molecule has 1 N–H and O–H groups in total. The Morgan fingerprint density at radius 2 is 1.71 bits per heavy atom. The van der Waals surface area contributed by atoms with Crippen LogP contribution in [0, 0.1) is 28.1 Å². The quantitative estimate of drug-likeness (QED) is 0.468. The Bertz CT molecular complexity index is 535. The van der Waals surface area contributed by atoms with Gasteiger partial charge in [-0.15, -0.1) is 0 Å². The summed E-state index contributed by atoms with van der Waals surface area (Å²) in [7, 11) is 0. The highest BCUT2D eigenvalue weighted by molar-refractivity contribution is 6.00. The Hall–Kier alpha value is -1.32. The molecule has 3 rings (SSSR count). The number of fused-ring (bicyclic) bond motifs is 2. The summed E-state index contributed by atoms with van der Waals surface area (Å²) in [4.78, 5) is 25.4. The van der Waals surface area contributed by atoms with Crippen LogP contribution in [0.4, 0.5) is 0 Å².